The number of carbonyl (C=O) groups is 1. The molecule has 0 aliphatic carbocycles. The lowest BCUT2D eigenvalue weighted by molar-refractivity contribution is -0.120. The van der Waals surface area contributed by atoms with Crippen molar-refractivity contribution in [1.29, 1.82) is 0 Å². The van der Waals surface area contributed by atoms with Crippen molar-refractivity contribution in [2.45, 2.75) is 19.8 Å². The van der Waals surface area contributed by atoms with Gasteiger partial charge in [-0.1, -0.05) is 6.07 Å². The summed E-state index contributed by atoms with van der Waals surface area (Å²) in [7, 11) is 3.23. The molecular weight excluding hydrogens is 438 g/mol. The zero-order valence-electron chi connectivity index (χ0n) is 19.0. The first-order chi connectivity index (χ1) is 16.1. The second-order valence-corrected chi connectivity index (χ2v) is 8.27. The molecule has 0 saturated carbocycles. The molecule has 0 atom stereocenters. The first kappa shape index (κ1) is 22.7. The van der Waals surface area contributed by atoms with Crippen LogP contribution in [0, 0.1) is 0 Å². The van der Waals surface area contributed by atoms with Crippen molar-refractivity contribution in [2.75, 3.05) is 27.4 Å². The fourth-order valence-corrected chi connectivity index (χ4v) is 4.47. The number of hydrogen-bond acceptors (Lipinski definition) is 6. The maximum absolute atomic E-state index is 12.5. The van der Waals surface area contributed by atoms with Gasteiger partial charge in [-0.15, -0.1) is 11.3 Å². The highest BCUT2D eigenvalue weighted by molar-refractivity contribution is 7.15. The fraction of sp³-hybridized carbons (Fsp3) is 0.280. The number of nitrogens with zero attached hydrogens (tertiary/aromatic N) is 2. The Morgan fingerprint density at radius 2 is 1.88 bits per heavy atom. The molecule has 0 aliphatic rings. The van der Waals surface area contributed by atoms with Crippen LogP contribution in [0.5, 0.6) is 17.2 Å². The van der Waals surface area contributed by atoms with Gasteiger partial charge in [0.1, 0.15) is 5.75 Å². The van der Waals surface area contributed by atoms with Crippen LogP contribution in [-0.4, -0.2) is 42.7 Å². The molecule has 1 amide bonds. The van der Waals surface area contributed by atoms with E-state index in [9.17, 15) is 4.79 Å². The second kappa shape index (κ2) is 10.4. The normalized spacial score (nSPS) is 10.9. The van der Waals surface area contributed by atoms with E-state index >= 15 is 0 Å². The van der Waals surface area contributed by atoms with Crippen molar-refractivity contribution in [1.82, 2.24) is 14.7 Å². The number of aromatic nitrogens is 2. The third-order valence-corrected chi connectivity index (χ3v) is 6.16. The van der Waals surface area contributed by atoms with Crippen LogP contribution < -0.4 is 19.5 Å². The van der Waals surface area contributed by atoms with Gasteiger partial charge in [0.25, 0.3) is 0 Å². The summed E-state index contributed by atoms with van der Waals surface area (Å²) in [5.41, 5.74) is 3.88. The van der Waals surface area contributed by atoms with E-state index in [4.69, 9.17) is 19.2 Å². The molecule has 1 N–H and O–H groups in total. The van der Waals surface area contributed by atoms with E-state index in [0.717, 1.165) is 33.2 Å². The molecule has 0 radical (unpaired) electrons. The largest absolute Gasteiger partial charge is 0.494 e. The fourth-order valence-electron chi connectivity index (χ4n) is 3.59. The van der Waals surface area contributed by atoms with E-state index in [1.54, 1.807) is 14.2 Å². The van der Waals surface area contributed by atoms with E-state index in [1.165, 1.54) is 11.3 Å². The van der Waals surface area contributed by atoms with E-state index < -0.39 is 0 Å². The standard InChI is InChI=1S/C25H27N3O4S/c1-4-32-20-8-6-18(7-9-20)21-15-28-19(16-33-25(28)27-21)14-24(29)26-12-11-17-5-10-22(30-2)23(13-17)31-3/h5-10,13,15-16H,4,11-12,14H2,1-3H3,(H,26,29). The van der Waals surface area contributed by atoms with Gasteiger partial charge in [-0.25, -0.2) is 4.98 Å². The first-order valence-electron chi connectivity index (χ1n) is 10.8. The van der Waals surface area contributed by atoms with Crippen LogP contribution in [0.4, 0.5) is 0 Å². The van der Waals surface area contributed by atoms with E-state index in [1.807, 2.05) is 65.4 Å². The smallest absolute Gasteiger partial charge is 0.225 e. The van der Waals surface area contributed by atoms with E-state index in [-0.39, 0.29) is 5.91 Å². The van der Waals surface area contributed by atoms with Crippen LogP contribution >= 0.6 is 11.3 Å². The van der Waals surface area contributed by atoms with Crippen molar-refractivity contribution in [3.8, 4) is 28.5 Å². The highest BCUT2D eigenvalue weighted by Crippen LogP contribution is 2.28. The Kier molecular flexibility index (Phi) is 7.14. The minimum Gasteiger partial charge on any atom is -0.494 e. The van der Waals surface area contributed by atoms with Crippen LogP contribution in [-0.2, 0) is 17.6 Å². The summed E-state index contributed by atoms with van der Waals surface area (Å²) < 4.78 is 18.1. The van der Waals surface area contributed by atoms with Gasteiger partial charge in [-0.05, 0) is 55.3 Å². The van der Waals surface area contributed by atoms with Gasteiger partial charge in [-0.3, -0.25) is 9.20 Å². The van der Waals surface area contributed by atoms with Gasteiger partial charge in [-0.2, -0.15) is 0 Å². The third-order valence-electron chi connectivity index (χ3n) is 5.27. The lowest BCUT2D eigenvalue weighted by Crippen LogP contribution is -2.27. The second-order valence-electron chi connectivity index (χ2n) is 7.43. The lowest BCUT2D eigenvalue weighted by atomic mass is 10.1. The summed E-state index contributed by atoms with van der Waals surface area (Å²) in [6.07, 6.45) is 2.98. The van der Waals surface area contributed by atoms with Crippen molar-refractivity contribution < 1.29 is 19.0 Å². The summed E-state index contributed by atoms with van der Waals surface area (Å²) in [6.45, 7) is 3.15. The highest BCUT2D eigenvalue weighted by Gasteiger charge is 2.13. The molecule has 0 aliphatic heterocycles. The van der Waals surface area contributed by atoms with Crippen LogP contribution in [0.2, 0.25) is 0 Å². The van der Waals surface area contributed by atoms with Crippen molar-refractivity contribution in [3.05, 3.63) is 65.3 Å². The highest BCUT2D eigenvalue weighted by atomic mass is 32.1. The Balaban J connectivity index is 1.36. The number of nitrogens with one attached hydrogen (secondary N) is 1. The SMILES string of the molecule is CCOc1ccc(-c2cn3c(CC(=O)NCCc4ccc(OC)c(OC)c4)csc3n2)cc1. The summed E-state index contributed by atoms with van der Waals surface area (Å²) in [5.74, 6) is 2.20. The number of methoxy groups -OCH3 is 2. The maximum atomic E-state index is 12.5. The summed E-state index contributed by atoms with van der Waals surface area (Å²) in [6, 6.07) is 13.7. The molecule has 0 fully saturated rings. The number of ether oxygens (including phenoxy) is 3. The van der Waals surface area contributed by atoms with Crippen LogP contribution in [0.15, 0.2) is 54.0 Å². The average Bonchev–Trinajstić information content (AvgIpc) is 3.41. The molecule has 0 saturated heterocycles. The molecule has 8 heteroatoms. The molecule has 2 aromatic heterocycles. The monoisotopic (exact) mass is 465 g/mol. The Labute approximate surface area is 196 Å². The number of benzene rings is 2. The third kappa shape index (κ3) is 5.28. The molecule has 2 heterocycles. The number of thiazole rings is 1. The predicted octanol–water partition coefficient (Wildman–Crippen LogP) is 4.38. The van der Waals surface area contributed by atoms with Gasteiger partial charge in [0.15, 0.2) is 16.5 Å². The molecular formula is C25H27N3O4S. The maximum Gasteiger partial charge on any atom is 0.225 e. The minimum absolute atomic E-state index is 0.0218. The average molecular weight is 466 g/mol. The molecule has 2 aromatic carbocycles. The van der Waals surface area contributed by atoms with Crippen LogP contribution in [0.1, 0.15) is 18.2 Å². The predicted molar refractivity (Wildman–Crippen MR) is 130 cm³/mol. The Morgan fingerprint density at radius 3 is 2.61 bits per heavy atom. The van der Waals surface area contributed by atoms with Crippen molar-refractivity contribution in [3.63, 3.8) is 0 Å². The van der Waals surface area contributed by atoms with Gasteiger partial charge in [0.2, 0.25) is 5.91 Å². The van der Waals surface area contributed by atoms with E-state index in [2.05, 4.69) is 5.32 Å². The Hall–Kier alpha value is -3.52. The summed E-state index contributed by atoms with van der Waals surface area (Å²) >= 11 is 1.53. The summed E-state index contributed by atoms with van der Waals surface area (Å²) in [5, 5.41) is 4.99. The number of imidazole rings is 1. The number of amides is 1. The van der Waals surface area contributed by atoms with Crippen molar-refractivity contribution >= 4 is 22.2 Å². The summed E-state index contributed by atoms with van der Waals surface area (Å²) in [4.78, 5) is 18.1. The molecule has 7 nitrogen and oxygen atoms in total. The molecule has 0 spiro atoms. The van der Waals surface area contributed by atoms with Gasteiger partial charge in [0.05, 0.1) is 32.9 Å². The van der Waals surface area contributed by atoms with Gasteiger partial charge >= 0.3 is 0 Å². The zero-order valence-corrected chi connectivity index (χ0v) is 19.8. The lowest BCUT2D eigenvalue weighted by Gasteiger charge is -2.10. The molecule has 172 valence electrons. The molecule has 4 aromatic rings. The minimum atomic E-state index is -0.0218. The molecule has 4 rings (SSSR count). The van der Waals surface area contributed by atoms with Crippen LogP contribution in [0.3, 0.4) is 0 Å². The quantitative estimate of drug-likeness (QED) is 0.376. The Morgan fingerprint density at radius 1 is 1.09 bits per heavy atom. The molecule has 0 bridgehead atoms. The Bertz CT molecular complexity index is 1230. The number of fused-ring (bicyclic) bond motifs is 1. The van der Waals surface area contributed by atoms with E-state index in [0.29, 0.717) is 37.5 Å². The van der Waals surface area contributed by atoms with Gasteiger partial charge < -0.3 is 19.5 Å². The number of carbonyl (C=O) groups excluding carboxylic acids is 1. The topological polar surface area (TPSA) is 74.1 Å². The molecule has 33 heavy (non-hydrogen) atoms. The van der Waals surface area contributed by atoms with Crippen molar-refractivity contribution in [2.24, 2.45) is 0 Å². The zero-order chi connectivity index (χ0) is 23.2. The molecule has 0 unspecified atom stereocenters. The number of hydrogen-bond donors (Lipinski definition) is 1. The van der Waals surface area contributed by atoms with Crippen LogP contribution in [0.25, 0.3) is 16.2 Å². The first-order valence-corrected chi connectivity index (χ1v) is 11.7. The van der Waals surface area contributed by atoms with Gasteiger partial charge in [0, 0.05) is 29.4 Å². The number of rotatable bonds is 10.